The monoisotopic (exact) mass is 220 g/mol. The highest BCUT2D eigenvalue weighted by Gasteiger charge is 2.21. The lowest BCUT2D eigenvalue weighted by atomic mass is 10.1. The number of hydrogen-bond acceptors (Lipinski definition) is 3. The molecule has 2 aliphatic rings. The molecule has 2 aliphatic heterocycles. The third kappa shape index (κ3) is 1.87. The van der Waals surface area contributed by atoms with Crippen molar-refractivity contribution in [3.63, 3.8) is 0 Å². The standard InChI is InChI=1S/C12H20N4/c13-11-4-1-5-12-15-10(8-16(11)12)7-9-3-2-6-14-9/h8-9,11,14H,1-7,13H2. The third-order valence-corrected chi connectivity index (χ3v) is 3.73. The molecule has 1 saturated heterocycles. The number of hydrogen-bond donors (Lipinski definition) is 2. The Morgan fingerprint density at radius 1 is 1.44 bits per heavy atom. The molecule has 0 aliphatic carbocycles. The zero-order valence-corrected chi connectivity index (χ0v) is 9.65. The lowest BCUT2D eigenvalue weighted by Crippen LogP contribution is -2.24. The number of nitrogens with one attached hydrogen (secondary N) is 1. The SMILES string of the molecule is NC1CCCc2nc(CC3CCCN3)cn21. The highest BCUT2D eigenvalue weighted by atomic mass is 15.2. The summed E-state index contributed by atoms with van der Waals surface area (Å²) < 4.78 is 2.17. The molecule has 0 amide bonds. The molecule has 0 radical (unpaired) electrons. The maximum Gasteiger partial charge on any atom is 0.110 e. The van der Waals surface area contributed by atoms with Crippen molar-refractivity contribution in [2.24, 2.45) is 5.73 Å². The Bertz CT molecular complexity index is 365. The van der Waals surface area contributed by atoms with Crippen LogP contribution in [-0.2, 0) is 12.8 Å². The molecule has 4 heteroatoms. The molecule has 2 unspecified atom stereocenters. The van der Waals surface area contributed by atoms with E-state index in [0.717, 1.165) is 25.8 Å². The Kier molecular flexibility index (Phi) is 2.69. The zero-order chi connectivity index (χ0) is 11.0. The van der Waals surface area contributed by atoms with Gasteiger partial charge in [-0.15, -0.1) is 0 Å². The van der Waals surface area contributed by atoms with E-state index >= 15 is 0 Å². The molecule has 3 N–H and O–H groups in total. The number of aryl methyl sites for hydroxylation is 1. The quantitative estimate of drug-likeness (QED) is 0.781. The fourth-order valence-electron chi connectivity index (χ4n) is 2.85. The molecular formula is C12H20N4. The van der Waals surface area contributed by atoms with E-state index in [-0.39, 0.29) is 6.17 Å². The van der Waals surface area contributed by atoms with Gasteiger partial charge >= 0.3 is 0 Å². The summed E-state index contributed by atoms with van der Waals surface area (Å²) in [4.78, 5) is 4.71. The molecule has 0 spiro atoms. The van der Waals surface area contributed by atoms with Crippen molar-refractivity contribution in [3.8, 4) is 0 Å². The summed E-state index contributed by atoms with van der Waals surface area (Å²) in [6.45, 7) is 1.16. The first-order valence-corrected chi connectivity index (χ1v) is 6.38. The summed E-state index contributed by atoms with van der Waals surface area (Å²) in [5.74, 6) is 1.19. The summed E-state index contributed by atoms with van der Waals surface area (Å²) in [5, 5.41) is 3.52. The summed E-state index contributed by atoms with van der Waals surface area (Å²) in [6, 6.07) is 0.633. The molecule has 0 aromatic carbocycles. The second kappa shape index (κ2) is 4.18. The van der Waals surface area contributed by atoms with Gasteiger partial charge in [0, 0.05) is 25.1 Å². The van der Waals surface area contributed by atoms with Gasteiger partial charge in [0.25, 0.3) is 0 Å². The smallest absolute Gasteiger partial charge is 0.110 e. The van der Waals surface area contributed by atoms with Gasteiger partial charge in [-0.1, -0.05) is 0 Å². The topological polar surface area (TPSA) is 55.9 Å². The molecule has 16 heavy (non-hydrogen) atoms. The third-order valence-electron chi connectivity index (χ3n) is 3.73. The number of fused-ring (bicyclic) bond motifs is 1. The average Bonchev–Trinajstić information content (AvgIpc) is 2.88. The highest BCUT2D eigenvalue weighted by molar-refractivity contribution is 5.09. The number of aromatic nitrogens is 2. The van der Waals surface area contributed by atoms with Crippen LogP contribution in [0.1, 0.15) is 43.4 Å². The Labute approximate surface area is 96.2 Å². The van der Waals surface area contributed by atoms with Crippen LogP contribution in [-0.4, -0.2) is 22.1 Å². The molecule has 0 saturated carbocycles. The molecule has 4 nitrogen and oxygen atoms in total. The number of nitrogens with zero attached hydrogens (tertiary/aromatic N) is 2. The number of rotatable bonds is 2. The zero-order valence-electron chi connectivity index (χ0n) is 9.65. The summed E-state index contributed by atoms with van der Waals surface area (Å²) in [5.41, 5.74) is 7.29. The first kappa shape index (κ1) is 10.3. The second-order valence-electron chi connectivity index (χ2n) is 5.01. The van der Waals surface area contributed by atoms with Gasteiger partial charge in [0.2, 0.25) is 0 Å². The van der Waals surface area contributed by atoms with Gasteiger partial charge in [-0.2, -0.15) is 0 Å². The minimum atomic E-state index is 0.154. The van der Waals surface area contributed by atoms with Crippen molar-refractivity contribution in [3.05, 3.63) is 17.7 Å². The van der Waals surface area contributed by atoms with Gasteiger partial charge in [0.05, 0.1) is 11.9 Å². The Hall–Kier alpha value is -0.870. The summed E-state index contributed by atoms with van der Waals surface area (Å²) >= 11 is 0. The maximum absolute atomic E-state index is 6.08. The largest absolute Gasteiger partial charge is 0.319 e. The van der Waals surface area contributed by atoms with Crippen molar-refractivity contribution in [2.45, 2.75) is 50.7 Å². The Morgan fingerprint density at radius 3 is 3.12 bits per heavy atom. The van der Waals surface area contributed by atoms with Gasteiger partial charge in [-0.05, 0) is 32.2 Å². The highest BCUT2D eigenvalue weighted by Crippen LogP contribution is 2.22. The van der Waals surface area contributed by atoms with Crippen molar-refractivity contribution in [2.75, 3.05) is 6.54 Å². The lowest BCUT2D eigenvalue weighted by molar-refractivity contribution is 0.408. The predicted octanol–water partition coefficient (Wildman–Crippen LogP) is 0.971. The van der Waals surface area contributed by atoms with Crippen molar-refractivity contribution >= 4 is 0 Å². The molecule has 88 valence electrons. The van der Waals surface area contributed by atoms with E-state index in [1.165, 1.54) is 30.8 Å². The van der Waals surface area contributed by atoms with Crippen LogP contribution in [0, 0.1) is 0 Å². The minimum absolute atomic E-state index is 0.154. The van der Waals surface area contributed by atoms with Crippen LogP contribution in [0.5, 0.6) is 0 Å². The fourth-order valence-corrected chi connectivity index (χ4v) is 2.85. The average molecular weight is 220 g/mol. The molecular weight excluding hydrogens is 200 g/mol. The van der Waals surface area contributed by atoms with E-state index in [9.17, 15) is 0 Å². The number of imidazole rings is 1. The first-order chi connectivity index (χ1) is 7.83. The van der Waals surface area contributed by atoms with Crippen LogP contribution in [0.3, 0.4) is 0 Å². The van der Waals surface area contributed by atoms with Gasteiger partial charge in [-0.25, -0.2) is 4.98 Å². The molecule has 3 rings (SSSR count). The molecule has 1 aromatic heterocycles. The van der Waals surface area contributed by atoms with Crippen molar-refractivity contribution in [1.29, 1.82) is 0 Å². The van der Waals surface area contributed by atoms with E-state index in [1.54, 1.807) is 0 Å². The van der Waals surface area contributed by atoms with E-state index in [1.807, 2.05) is 0 Å². The molecule has 1 aromatic rings. The van der Waals surface area contributed by atoms with E-state index in [2.05, 4.69) is 16.1 Å². The summed E-state index contributed by atoms with van der Waals surface area (Å²) in [7, 11) is 0. The van der Waals surface area contributed by atoms with E-state index in [0.29, 0.717) is 6.04 Å². The van der Waals surface area contributed by atoms with Gasteiger partial charge in [0.15, 0.2) is 0 Å². The van der Waals surface area contributed by atoms with Crippen molar-refractivity contribution in [1.82, 2.24) is 14.9 Å². The van der Waals surface area contributed by atoms with Crippen LogP contribution in [0.15, 0.2) is 6.20 Å². The Balaban J connectivity index is 1.75. The molecule has 1 fully saturated rings. The van der Waals surface area contributed by atoms with Gasteiger partial charge in [0.1, 0.15) is 5.82 Å². The van der Waals surface area contributed by atoms with Crippen LogP contribution in [0.4, 0.5) is 0 Å². The van der Waals surface area contributed by atoms with Crippen LogP contribution >= 0.6 is 0 Å². The lowest BCUT2D eigenvalue weighted by Gasteiger charge is -2.20. The van der Waals surface area contributed by atoms with Crippen LogP contribution in [0.2, 0.25) is 0 Å². The second-order valence-corrected chi connectivity index (χ2v) is 5.01. The minimum Gasteiger partial charge on any atom is -0.319 e. The first-order valence-electron chi connectivity index (χ1n) is 6.38. The molecule has 2 atom stereocenters. The predicted molar refractivity (Wildman–Crippen MR) is 63.1 cm³/mol. The fraction of sp³-hybridized carbons (Fsp3) is 0.750. The maximum atomic E-state index is 6.08. The van der Waals surface area contributed by atoms with E-state index in [4.69, 9.17) is 10.7 Å². The van der Waals surface area contributed by atoms with E-state index < -0.39 is 0 Å². The van der Waals surface area contributed by atoms with Gasteiger partial charge in [-0.3, -0.25) is 0 Å². The molecule has 3 heterocycles. The van der Waals surface area contributed by atoms with Gasteiger partial charge < -0.3 is 15.6 Å². The molecule has 0 bridgehead atoms. The number of nitrogens with two attached hydrogens (primary N) is 1. The normalized spacial score (nSPS) is 29.3. The van der Waals surface area contributed by atoms with Crippen LogP contribution < -0.4 is 11.1 Å². The van der Waals surface area contributed by atoms with Crippen molar-refractivity contribution < 1.29 is 0 Å². The van der Waals surface area contributed by atoms with Crippen LogP contribution in [0.25, 0.3) is 0 Å². The Morgan fingerprint density at radius 2 is 2.38 bits per heavy atom. The summed E-state index contributed by atoms with van der Waals surface area (Å²) in [6.07, 6.45) is 9.33.